The molecule has 3 unspecified atom stereocenters. The molecule has 2 saturated heterocycles. The third-order valence-electron chi connectivity index (χ3n) is 7.68. The van der Waals surface area contributed by atoms with Crippen LogP contribution in [0, 0.1) is 19.8 Å². The van der Waals surface area contributed by atoms with Gasteiger partial charge in [0.15, 0.2) is 5.78 Å². The van der Waals surface area contributed by atoms with Crippen molar-refractivity contribution in [1.82, 2.24) is 15.1 Å². The second kappa shape index (κ2) is 11.0. The van der Waals surface area contributed by atoms with Crippen molar-refractivity contribution in [2.75, 3.05) is 32.1 Å². The SMILES string of the molecule is Cc1ccc(C(=O)N2CC(=O)C3C2CCN3C(=O)C(CC(C)C)NC(=O)c2ccc(N(C)C)cc2)cc1C. The van der Waals surface area contributed by atoms with Gasteiger partial charge in [0.2, 0.25) is 5.91 Å². The van der Waals surface area contributed by atoms with Crippen LogP contribution in [0.3, 0.4) is 0 Å². The van der Waals surface area contributed by atoms with Gasteiger partial charge in [-0.2, -0.15) is 0 Å². The monoisotopic (exact) mass is 518 g/mol. The molecule has 2 aromatic rings. The Balaban J connectivity index is 1.50. The molecule has 0 spiro atoms. The molecule has 38 heavy (non-hydrogen) atoms. The first-order chi connectivity index (χ1) is 18.0. The summed E-state index contributed by atoms with van der Waals surface area (Å²) in [7, 11) is 3.85. The van der Waals surface area contributed by atoms with Gasteiger partial charge >= 0.3 is 0 Å². The lowest BCUT2D eigenvalue weighted by atomic mass is 10.0. The number of amides is 3. The van der Waals surface area contributed by atoms with E-state index in [4.69, 9.17) is 0 Å². The van der Waals surface area contributed by atoms with Crippen LogP contribution >= 0.6 is 0 Å². The van der Waals surface area contributed by atoms with Crippen molar-refractivity contribution in [1.29, 1.82) is 0 Å². The number of benzene rings is 2. The smallest absolute Gasteiger partial charge is 0.254 e. The Morgan fingerprint density at radius 3 is 2.24 bits per heavy atom. The van der Waals surface area contributed by atoms with E-state index in [2.05, 4.69) is 5.32 Å². The lowest BCUT2D eigenvalue weighted by molar-refractivity contribution is -0.138. The first-order valence-electron chi connectivity index (χ1n) is 13.3. The fourth-order valence-electron chi connectivity index (χ4n) is 5.42. The quantitative estimate of drug-likeness (QED) is 0.608. The van der Waals surface area contributed by atoms with Crippen molar-refractivity contribution in [3.63, 3.8) is 0 Å². The molecule has 2 aromatic carbocycles. The van der Waals surface area contributed by atoms with E-state index in [1.807, 2.05) is 71.0 Å². The van der Waals surface area contributed by atoms with Crippen LogP contribution in [0.1, 0.15) is 58.5 Å². The zero-order chi connectivity index (χ0) is 27.7. The van der Waals surface area contributed by atoms with Crippen LogP contribution in [-0.4, -0.2) is 78.6 Å². The van der Waals surface area contributed by atoms with E-state index in [1.165, 1.54) is 0 Å². The number of carbonyl (C=O) groups is 4. The summed E-state index contributed by atoms with van der Waals surface area (Å²) in [5.41, 5.74) is 4.11. The average molecular weight is 519 g/mol. The number of hydrogen-bond acceptors (Lipinski definition) is 5. The first kappa shape index (κ1) is 27.4. The second-order valence-corrected chi connectivity index (χ2v) is 11.1. The number of nitrogens with zero attached hydrogens (tertiary/aromatic N) is 3. The normalized spacial score (nSPS) is 19.5. The fraction of sp³-hybridized carbons (Fsp3) is 0.467. The maximum Gasteiger partial charge on any atom is 0.254 e. The van der Waals surface area contributed by atoms with E-state index in [9.17, 15) is 19.2 Å². The maximum absolute atomic E-state index is 13.8. The summed E-state index contributed by atoms with van der Waals surface area (Å²) < 4.78 is 0. The number of fused-ring (bicyclic) bond motifs is 1. The van der Waals surface area contributed by atoms with Crippen LogP contribution < -0.4 is 10.2 Å². The number of likely N-dealkylation sites (tertiary alicyclic amines) is 2. The standard InChI is InChI=1S/C30H38N4O4/c1-18(2)15-24(31-28(36)21-9-11-23(12-10-21)32(5)6)30(38)33-14-13-25-27(33)26(35)17-34(25)29(37)22-8-7-19(3)20(4)16-22/h7-12,16,18,24-25,27H,13-15,17H2,1-6H3,(H,31,36). The summed E-state index contributed by atoms with van der Waals surface area (Å²) >= 11 is 0. The fourth-order valence-corrected chi connectivity index (χ4v) is 5.42. The number of carbonyl (C=O) groups excluding carboxylic acids is 4. The van der Waals surface area contributed by atoms with E-state index in [1.54, 1.807) is 28.0 Å². The van der Waals surface area contributed by atoms with Crippen molar-refractivity contribution in [2.24, 2.45) is 5.92 Å². The van der Waals surface area contributed by atoms with E-state index in [0.29, 0.717) is 30.5 Å². The summed E-state index contributed by atoms with van der Waals surface area (Å²) in [5, 5.41) is 2.92. The molecule has 3 amide bonds. The Labute approximate surface area is 225 Å². The Morgan fingerprint density at radius 1 is 0.974 bits per heavy atom. The lowest BCUT2D eigenvalue weighted by Crippen LogP contribution is -2.53. The molecule has 4 rings (SSSR count). The molecule has 8 nitrogen and oxygen atoms in total. The largest absolute Gasteiger partial charge is 0.378 e. The van der Waals surface area contributed by atoms with Crippen LogP contribution in [0.15, 0.2) is 42.5 Å². The highest BCUT2D eigenvalue weighted by atomic mass is 16.2. The molecule has 0 aliphatic carbocycles. The topological polar surface area (TPSA) is 90.0 Å². The molecule has 3 atom stereocenters. The van der Waals surface area contributed by atoms with E-state index in [0.717, 1.165) is 16.8 Å². The molecule has 2 aliphatic rings. The van der Waals surface area contributed by atoms with E-state index >= 15 is 0 Å². The minimum Gasteiger partial charge on any atom is -0.378 e. The maximum atomic E-state index is 13.8. The highest BCUT2D eigenvalue weighted by Crippen LogP contribution is 2.32. The third kappa shape index (κ3) is 5.44. The molecule has 202 valence electrons. The Bertz CT molecular complexity index is 1240. The van der Waals surface area contributed by atoms with Gasteiger partial charge in [0.05, 0.1) is 12.6 Å². The molecule has 0 saturated carbocycles. The van der Waals surface area contributed by atoms with Gasteiger partial charge in [-0.05, 0) is 80.1 Å². The Morgan fingerprint density at radius 2 is 1.63 bits per heavy atom. The number of Topliss-reactive ketones (excluding diaryl/α,β-unsaturated/α-hetero) is 1. The van der Waals surface area contributed by atoms with Gasteiger partial charge < -0.3 is 20.0 Å². The minimum atomic E-state index is -0.757. The summed E-state index contributed by atoms with van der Waals surface area (Å²) in [6.07, 6.45) is 0.987. The predicted octanol–water partition coefficient (Wildman–Crippen LogP) is 3.21. The van der Waals surface area contributed by atoms with Crippen LogP contribution in [0.25, 0.3) is 0 Å². The second-order valence-electron chi connectivity index (χ2n) is 11.1. The summed E-state index contributed by atoms with van der Waals surface area (Å²) in [6, 6.07) is 11.0. The van der Waals surface area contributed by atoms with Crippen molar-refractivity contribution < 1.29 is 19.2 Å². The highest BCUT2D eigenvalue weighted by Gasteiger charge is 2.52. The molecule has 8 heteroatoms. The number of aryl methyl sites for hydroxylation is 2. The highest BCUT2D eigenvalue weighted by molar-refractivity contribution is 6.03. The molecule has 0 aromatic heterocycles. The van der Waals surface area contributed by atoms with E-state index in [-0.39, 0.29) is 42.0 Å². The number of hydrogen-bond donors (Lipinski definition) is 1. The summed E-state index contributed by atoms with van der Waals surface area (Å²) in [6.45, 7) is 8.30. The molecular formula is C30H38N4O4. The van der Waals surface area contributed by atoms with Gasteiger partial charge in [0.1, 0.15) is 12.1 Å². The van der Waals surface area contributed by atoms with Crippen LogP contribution in [-0.2, 0) is 9.59 Å². The molecule has 2 aliphatic heterocycles. The first-order valence-corrected chi connectivity index (χ1v) is 13.3. The predicted molar refractivity (Wildman–Crippen MR) is 147 cm³/mol. The van der Waals surface area contributed by atoms with Gasteiger partial charge in [-0.1, -0.05) is 19.9 Å². The lowest BCUT2D eigenvalue weighted by Gasteiger charge is -2.29. The number of rotatable bonds is 7. The molecule has 2 fully saturated rings. The van der Waals surface area contributed by atoms with Crippen molar-refractivity contribution in [2.45, 2.75) is 58.7 Å². The van der Waals surface area contributed by atoms with Gasteiger partial charge in [-0.25, -0.2) is 0 Å². The van der Waals surface area contributed by atoms with E-state index < -0.39 is 12.1 Å². The van der Waals surface area contributed by atoms with Gasteiger partial charge in [0.25, 0.3) is 11.8 Å². The minimum absolute atomic E-state index is 0.00962. The average Bonchev–Trinajstić information content (AvgIpc) is 3.45. The summed E-state index contributed by atoms with van der Waals surface area (Å²) in [4.78, 5) is 58.4. The number of ketones is 1. The van der Waals surface area contributed by atoms with Crippen molar-refractivity contribution in [3.05, 3.63) is 64.7 Å². The molecule has 0 radical (unpaired) electrons. The van der Waals surface area contributed by atoms with Gasteiger partial charge in [0, 0.05) is 37.5 Å². The van der Waals surface area contributed by atoms with Crippen molar-refractivity contribution in [3.8, 4) is 0 Å². The van der Waals surface area contributed by atoms with Crippen LogP contribution in [0.5, 0.6) is 0 Å². The van der Waals surface area contributed by atoms with Crippen LogP contribution in [0.2, 0.25) is 0 Å². The van der Waals surface area contributed by atoms with Gasteiger partial charge in [-0.3, -0.25) is 19.2 Å². The number of nitrogens with one attached hydrogen (secondary N) is 1. The van der Waals surface area contributed by atoms with Gasteiger partial charge in [-0.15, -0.1) is 0 Å². The Kier molecular flexibility index (Phi) is 7.90. The zero-order valence-corrected chi connectivity index (χ0v) is 23.2. The molecular weight excluding hydrogens is 480 g/mol. The third-order valence-corrected chi connectivity index (χ3v) is 7.68. The summed E-state index contributed by atoms with van der Waals surface area (Å²) in [5.74, 6) is -0.753. The molecule has 2 heterocycles. The number of anilines is 1. The molecule has 0 bridgehead atoms. The Hall–Kier alpha value is -3.68. The van der Waals surface area contributed by atoms with Crippen LogP contribution in [0.4, 0.5) is 5.69 Å². The zero-order valence-electron chi connectivity index (χ0n) is 23.2. The van der Waals surface area contributed by atoms with Crippen molar-refractivity contribution >= 4 is 29.2 Å². The molecule has 1 N–H and O–H groups in total.